The van der Waals surface area contributed by atoms with Gasteiger partial charge in [-0.05, 0) is 68.3 Å². The molecule has 1 aliphatic rings. The Morgan fingerprint density at radius 3 is 2.63 bits per heavy atom. The van der Waals surface area contributed by atoms with Crippen molar-refractivity contribution >= 4 is 40.6 Å². The number of thioether (sulfide) groups is 1. The number of imide groups is 1. The number of non-ortho nitro benzene ring substituents is 1. The first-order valence-electron chi connectivity index (χ1n) is 11.8. The molecule has 2 aromatic carbocycles. The summed E-state index contributed by atoms with van der Waals surface area (Å²) in [5.74, 6) is -0.404. The Labute approximate surface area is 224 Å². The first-order valence-corrected chi connectivity index (χ1v) is 12.7. The number of carbonyl (C=O) groups is 3. The Balaban J connectivity index is 1.89. The van der Waals surface area contributed by atoms with Gasteiger partial charge in [-0.15, -0.1) is 6.58 Å². The number of nitro groups is 1. The fourth-order valence-corrected chi connectivity index (χ4v) is 4.47. The molecule has 2 aromatic rings. The number of esters is 1. The molecule has 1 saturated heterocycles. The molecule has 0 radical (unpaired) electrons. The summed E-state index contributed by atoms with van der Waals surface area (Å²) in [6, 6.07) is 9.62. The van der Waals surface area contributed by atoms with Gasteiger partial charge in [-0.2, -0.15) is 0 Å². The Morgan fingerprint density at radius 2 is 1.97 bits per heavy atom. The highest BCUT2D eigenvalue weighted by Crippen LogP contribution is 2.38. The van der Waals surface area contributed by atoms with Gasteiger partial charge in [0.2, 0.25) is 0 Å². The quantitative estimate of drug-likeness (QED) is 0.116. The molecule has 3 rings (SSSR count). The Kier molecular flexibility index (Phi) is 9.66. The molecule has 0 aromatic heterocycles. The summed E-state index contributed by atoms with van der Waals surface area (Å²) in [5.41, 5.74) is 1.87. The number of nitro benzene ring substituents is 1. The maximum Gasteiger partial charge on any atom is 0.326 e. The van der Waals surface area contributed by atoms with Crippen molar-refractivity contribution in [2.24, 2.45) is 0 Å². The second kappa shape index (κ2) is 12.9. The summed E-state index contributed by atoms with van der Waals surface area (Å²) in [4.78, 5) is 48.9. The highest BCUT2D eigenvalue weighted by atomic mass is 32.2. The largest absolute Gasteiger partial charge is 0.490 e. The van der Waals surface area contributed by atoms with E-state index in [2.05, 4.69) is 6.58 Å². The SMILES string of the molecule is C=CCc1cc(/C=C2/SC(=O)N(CC(=O)OC(C)C)C2=O)cc(OCC)c1OCc1cccc([N+](=O)[O-])c1. The van der Waals surface area contributed by atoms with E-state index < -0.39 is 28.6 Å². The van der Waals surface area contributed by atoms with Gasteiger partial charge in [0.05, 0.1) is 22.5 Å². The Bertz CT molecular complexity index is 1290. The summed E-state index contributed by atoms with van der Waals surface area (Å²) >= 11 is 0.735. The number of benzene rings is 2. The van der Waals surface area contributed by atoms with Gasteiger partial charge in [-0.25, -0.2) is 0 Å². The number of rotatable bonds is 12. The van der Waals surface area contributed by atoms with Crippen molar-refractivity contribution in [3.05, 3.63) is 80.8 Å². The standard InChI is InChI=1S/C27H28N2O8S/c1-5-8-20-11-19(14-23-26(31)28(27(32)38-23)15-24(30)37-17(3)4)13-22(35-6-2)25(20)36-16-18-9-7-10-21(12-18)29(33)34/h5,7,9-14,17H,1,6,8,15-16H2,2-4H3/b23-14+. The van der Waals surface area contributed by atoms with E-state index in [0.717, 1.165) is 16.7 Å². The van der Waals surface area contributed by atoms with Crippen LogP contribution in [0.5, 0.6) is 11.5 Å². The van der Waals surface area contributed by atoms with Crippen molar-refractivity contribution in [3.8, 4) is 11.5 Å². The summed E-state index contributed by atoms with van der Waals surface area (Å²) in [6.07, 6.45) is 3.28. The van der Waals surface area contributed by atoms with Crippen molar-refractivity contribution < 1.29 is 33.5 Å². The van der Waals surface area contributed by atoms with Crippen molar-refractivity contribution in [3.63, 3.8) is 0 Å². The second-order valence-corrected chi connectivity index (χ2v) is 9.45. The number of allylic oxidation sites excluding steroid dienone is 1. The first-order chi connectivity index (χ1) is 18.1. The molecular formula is C27H28N2O8S. The first kappa shape index (κ1) is 28.5. The lowest BCUT2D eigenvalue weighted by molar-refractivity contribution is -0.384. The van der Waals surface area contributed by atoms with Gasteiger partial charge in [-0.1, -0.05) is 18.2 Å². The minimum absolute atomic E-state index is 0.0378. The summed E-state index contributed by atoms with van der Waals surface area (Å²) < 4.78 is 16.9. The lowest BCUT2D eigenvalue weighted by Gasteiger charge is -2.17. The molecule has 10 nitrogen and oxygen atoms in total. The minimum Gasteiger partial charge on any atom is -0.490 e. The molecule has 1 fully saturated rings. The lowest BCUT2D eigenvalue weighted by Crippen LogP contribution is -2.35. The van der Waals surface area contributed by atoms with Gasteiger partial charge in [0.15, 0.2) is 11.5 Å². The third-order valence-corrected chi connectivity index (χ3v) is 6.06. The van der Waals surface area contributed by atoms with Crippen LogP contribution < -0.4 is 9.47 Å². The van der Waals surface area contributed by atoms with E-state index in [1.54, 1.807) is 50.3 Å². The minimum atomic E-state index is -0.666. The molecule has 0 spiro atoms. The Hall–Kier alpha value is -4.12. The maximum absolute atomic E-state index is 12.9. The predicted octanol–water partition coefficient (Wildman–Crippen LogP) is 5.29. The van der Waals surface area contributed by atoms with E-state index in [0.29, 0.717) is 41.2 Å². The van der Waals surface area contributed by atoms with Crippen molar-refractivity contribution in [1.29, 1.82) is 0 Å². The zero-order valence-corrected chi connectivity index (χ0v) is 22.1. The molecule has 0 N–H and O–H groups in total. The van der Waals surface area contributed by atoms with Gasteiger partial charge in [-0.3, -0.25) is 29.4 Å². The molecule has 200 valence electrons. The number of amides is 2. The van der Waals surface area contributed by atoms with Crippen molar-refractivity contribution in [2.45, 2.75) is 39.9 Å². The molecule has 11 heteroatoms. The highest BCUT2D eigenvalue weighted by Gasteiger charge is 2.37. The van der Waals surface area contributed by atoms with Gasteiger partial charge >= 0.3 is 5.97 Å². The molecule has 1 heterocycles. The zero-order chi connectivity index (χ0) is 27.8. The summed E-state index contributed by atoms with van der Waals surface area (Å²) in [5, 5.41) is 10.5. The number of hydrogen-bond donors (Lipinski definition) is 0. The van der Waals surface area contributed by atoms with Gasteiger partial charge < -0.3 is 14.2 Å². The topological polar surface area (TPSA) is 125 Å². The van der Waals surface area contributed by atoms with Crippen LogP contribution in [0, 0.1) is 10.1 Å². The number of nitrogens with zero attached hydrogens (tertiary/aromatic N) is 2. The van der Waals surface area contributed by atoms with Crippen LogP contribution in [0.1, 0.15) is 37.5 Å². The van der Waals surface area contributed by atoms with Crippen molar-refractivity contribution in [2.75, 3.05) is 13.2 Å². The summed E-state index contributed by atoms with van der Waals surface area (Å²) in [7, 11) is 0. The van der Waals surface area contributed by atoms with Crippen LogP contribution in [0.4, 0.5) is 10.5 Å². The smallest absolute Gasteiger partial charge is 0.326 e. The van der Waals surface area contributed by atoms with Crippen LogP contribution in [0.25, 0.3) is 6.08 Å². The molecule has 0 atom stereocenters. The average Bonchev–Trinajstić information content (AvgIpc) is 3.10. The van der Waals surface area contributed by atoms with E-state index in [4.69, 9.17) is 14.2 Å². The third kappa shape index (κ3) is 7.22. The van der Waals surface area contributed by atoms with E-state index >= 15 is 0 Å². The molecular weight excluding hydrogens is 512 g/mol. The molecule has 0 bridgehead atoms. The monoisotopic (exact) mass is 540 g/mol. The van der Waals surface area contributed by atoms with Crippen LogP contribution in [-0.2, 0) is 27.4 Å². The molecule has 0 aliphatic carbocycles. The van der Waals surface area contributed by atoms with Crippen LogP contribution in [0.3, 0.4) is 0 Å². The molecule has 38 heavy (non-hydrogen) atoms. The normalized spacial score (nSPS) is 14.2. The molecule has 0 saturated carbocycles. The van der Waals surface area contributed by atoms with Gasteiger partial charge in [0.25, 0.3) is 16.8 Å². The van der Waals surface area contributed by atoms with E-state index in [1.807, 2.05) is 6.92 Å². The number of carbonyl (C=O) groups excluding carboxylic acids is 3. The third-order valence-electron chi connectivity index (χ3n) is 5.15. The van der Waals surface area contributed by atoms with Gasteiger partial charge in [0, 0.05) is 17.7 Å². The highest BCUT2D eigenvalue weighted by molar-refractivity contribution is 8.18. The number of ether oxygens (including phenoxy) is 3. The van der Waals surface area contributed by atoms with Crippen LogP contribution in [0.15, 0.2) is 54.0 Å². The van der Waals surface area contributed by atoms with E-state index in [1.165, 1.54) is 12.1 Å². The zero-order valence-electron chi connectivity index (χ0n) is 21.3. The van der Waals surface area contributed by atoms with Crippen LogP contribution in [-0.4, -0.2) is 46.2 Å². The van der Waals surface area contributed by atoms with Crippen LogP contribution >= 0.6 is 11.8 Å². The van der Waals surface area contributed by atoms with E-state index in [9.17, 15) is 24.5 Å². The van der Waals surface area contributed by atoms with Gasteiger partial charge in [0.1, 0.15) is 13.2 Å². The summed E-state index contributed by atoms with van der Waals surface area (Å²) in [6.45, 7) is 8.90. The fraction of sp³-hybridized carbons (Fsp3) is 0.296. The van der Waals surface area contributed by atoms with Crippen molar-refractivity contribution in [1.82, 2.24) is 4.90 Å². The molecule has 2 amide bonds. The maximum atomic E-state index is 12.9. The van der Waals surface area contributed by atoms with E-state index in [-0.39, 0.29) is 23.3 Å². The second-order valence-electron chi connectivity index (χ2n) is 8.46. The molecule has 1 aliphatic heterocycles. The lowest BCUT2D eigenvalue weighted by atomic mass is 10.0. The average molecular weight is 541 g/mol. The number of hydrogen-bond acceptors (Lipinski definition) is 9. The molecule has 0 unspecified atom stereocenters. The van der Waals surface area contributed by atoms with Crippen LogP contribution in [0.2, 0.25) is 0 Å². The Morgan fingerprint density at radius 1 is 1.21 bits per heavy atom. The predicted molar refractivity (Wildman–Crippen MR) is 143 cm³/mol. The fourth-order valence-electron chi connectivity index (χ4n) is 3.63.